The van der Waals surface area contributed by atoms with Gasteiger partial charge in [0.2, 0.25) is 0 Å². The molecule has 0 amide bonds. The van der Waals surface area contributed by atoms with Gasteiger partial charge < -0.3 is 5.73 Å². The Morgan fingerprint density at radius 2 is 1.95 bits per heavy atom. The summed E-state index contributed by atoms with van der Waals surface area (Å²) in [6.07, 6.45) is 1.70. The zero-order valence-electron chi connectivity index (χ0n) is 11.4. The Bertz CT molecular complexity index is 531. The van der Waals surface area contributed by atoms with Crippen LogP contribution in [0.15, 0.2) is 30.3 Å². The van der Waals surface area contributed by atoms with Crippen molar-refractivity contribution in [3.05, 3.63) is 52.3 Å². The summed E-state index contributed by atoms with van der Waals surface area (Å²) in [5.74, 6) is 0. The largest absolute Gasteiger partial charge is 0.327 e. The van der Waals surface area contributed by atoms with Crippen LogP contribution in [0.2, 0.25) is 5.02 Å². The van der Waals surface area contributed by atoms with E-state index in [1.54, 1.807) is 0 Å². The summed E-state index contributed by atoms with van der Waals surface area (Å²) >= 11 is 5.88. The van der Waals surface area contributed by atoms with E-state index < -0.39 is 0 Å². The van der Waals surface area contributed by atoms with Crippen LogP contribution in [0.3, 0.4) is 0 Å². The van der Waals surface area contributed by atoms with Gasteiger partial charge in [0, 0.05) is 29.7 Å². The molecule has 3 nitrogen and oxygen atoms in total. The lowest BCUT2D eigenvalue weighted by atomic mass is 10.0. The second-order valence-electron chi connectivity index (χ2n) is 4.89. The van der Waals surface area contributed by atoms with E-state index in [9.17, 15) is 0 Å². The first kappa shape index (κ1) is 14.1. The predicted octanol–water partition coefficient (Wildman–Crippen LogP) is 2.98. The maximum Gasteiger partial charge on any atom is 0.0596 e. The lowest BCUT2D eigenvalue weighted by Gasteiger charge is -2.12. The van der Waals surface area contributed by atoms with Gasteiger partial charge in [0.1, 0.15) is 0 Å². The summed E-state index contributed by atoms with van der Waals surface area (Å²) in [7, 11) is 0. The molecule has 0 saturated heterocycles. The van der Waals surface area contributed by atoms with Crippen molar-refractivity contribution in [1.29, 1.82) is 0 Å². The van der Waals surface area contributed by atoms with E-state index in [4.69, 9.17) is 17.3 Å². The normalized spacial score (nSPS) is 12.6. The molecule has 1 aromatic heterocycles. The van der Waals surface area contributed by atoms with Crippen molar-refractivity contribution in [2.24, 2.45) is 5.73 Å². The highest BCUT2D eigenvalue weighted by Crippen LogP contribution is 2.13. The molecule has 2 N–H and O–H groups in total. The standard InChI is InChI=1S/C15H20ClN3/c1-3-19-15(8-11(2)18-19)10-14(17)9-12-4-6-13(16)7-5-12/h4-8,14H,3,9-10,17H2,1-2H3. The minimum atomic E-state index is 0.0996. The van der Waals surface area contributed by atoms with Crippen LogP contribution in [-0.4, -0.2) is 15.8 Å². The van der Waals surface area contributed by atoms with Crippen LogP contribution in [0.4, 0.5) is 0 Å². The second-order valence-corrected chi connectivity index (χ2v) is 5.32. The number of hydrogen-bond acceptors (Lipinski definition) is 2. The van der Waals surface area contributed by atoms with Crippen LogP contribution in [0.25, 0.3) is 0 Å². The van der Waals surface area contributed by atoms with Crippen molar-refractivity contribution in [2.75, 3.05) is 0 Å². The maximum absolute atomic E-state index is 6.23. The van der Waals surface area contributed by atoms with Crippen LogP contribution in [0.5, 0.6) is 0 Å². The molecule has 1 unspecified atom stereocenters. The average molecular weight is 278 g/mol. The molecule has 2 rings (SSSR count). The van der Waals surface area contributed by atoms with Crippen LogP contribution in [0.1, 0.15) is 23.9 Å². The smallest absolute Gasteiger partial charge is 0.0596 e. The van der Waals surface area contributed by atoms with Crippen LogP contribution in [0, 0.1) is 6.92 Å². The van der Waals surface area contributed by atoms with E-state index >= 15 is 0 Å². The van der Waals surface area contributed by atoms with Crippen molar-refractivity contribution in [3.63, 3.8) is 0 Å². The van der Waals surface area contributed by atoms with Gasteiger partial charge in [-0.15, -0.1) is 0 Å². The highest BCUT2D eigenvalue weighted by Gasteiger charge is 2.10. The highest BCUT2D eigenvalue weighted by atomic mass is 35.5. The van der Waals surface area contributed by atoms with Gasteiger partial charge in [-0.25, -0.2) is 0 Å². The summed E-state index contributed by atoms with van der Waals surface area (Å²) in [6, 6.07) is 10.1. The fraction of sp³-hybridized carbons (Fsp3) is 0.400. The molecule has 1 atom stereocenters. The van der Waals surface area contributed by atoms with Crippen molar-refractivity contribution in [2.45, 2.75) is 39.3 Å². The van der Waals surface area contributed by atoms with Gasteiger partial charge in [0.15, 0.2) is 0 Å². The number of rotatable bonds is 5. The van der Waals surface area contributed by atoms with Crippen LogP contribution < -0.4 is 5.73 Å². The topological polar surface area (TPSA) is 43.8 Å². The molecule has 0 saturated carbocycles. The van der Waals surface area contributed by atoms with Crippen molar-refractivity contribution < 1.29 is 0 Å². The summed E-state index contributed by atoms with van der Waals surface area (Å²) in [5.41, 5.74) is 9.71. The number of aromatic nitrogens is 2. The van der Waals surface area contributed by atoms with Crippen molar-refractivity contribution >= 4 is 11.6 Å². The average Bonchev–Trinajstić information content (AvgIpc) is 2.72. The van der Waals surface area contributed by atoms with Gasteiger partial charge >= 0.3 is 0 Å². The van der Waals surface area contributed by atoms with Gasteiger partial charge in [-0.2, -0.15) is 5.10 Å². The summed E-state index contributed by atoms with van der Waals surface area (Å²) in [6.45, 7) is 5.00. The predicted molar refractivity (Wildman–Crippen MR) is 79.5 cm³/mol. The van der Waals surface area contributed by atoms with E-state index in [1.807, 2.05) is 35.9 Å². The molecule has 102 valence electrons. The van der Waals surface area contributed by atoms with Crippen molar-refractivity contribution in [3.8, 4) is 0 Å². The number of hydrogen-bond donors (Lipinski definition) is 1. The first-order valence-corrected chi connectivity index (χ1v) is 6.99. The third-order valence-corrected chi connectivity index (χ3v) is 3.42. The molecular formula is C15H20ClN3. The maximum atomic E-state index is 6.23. The molecule has 1 aromatic carbocycles. The molecule has 0 radical (unpaired) electrons. The summed E-state index contributed by atoms with van der Waals surface area (Å²) in [5, 5.41) is 5.21. The third-order valence-electron chi connectivity index (χ3n) is 3.17. The summed E-state index contributed by atoms with van der Waals surface area (Å²) < 4.78 is 2.02. The minimum absolute atomic E-state index is 0.0996. The van der Waals surface area contributed by atoms with Crippen molar-refractivity contribution in [1.82, 2.24) is 9.78 Å². The quantitative estimate of drug-likeness (QED) is 0.913. The van der Waals surface area contributed by atoms with Gasteiger partial charge in [-0.05, 0) is 44.0 Å². The van der Waals surface area contributed by atoms with Crippen LogP contribution >= 0.6 is 11.6 Å². The molecule has 4 heteroatoms. The zero-order chi connectivity index (χ0) is 13.8. The molecule has 0 aliphatic rings. The lowest BCUT2D eigenvalue weighted by molar-refractivity contribution is 0.574. The fourth-order valence-electron chi connectivity index (χ4n) is 2.30. The van der Waals surface area contributed by atoms with Gasteiger partial charge in [0.05, 0.1) is 5.69 Å². The first-order valence-electron chi connectivity index (χ1n) is 6.62. The Labute approximate surface area is 119 Å². The van der Waals surface area contributed by atoms with E-state index in [1.165, 1.54) is 11.3 Å². The molecular weight excluding hydrogens is 258 g/mol. The zero-order valence-corrected chi connectivity index (χ0v) is 12.2. The Balaban J connectivity index is 2.00. The Morgan fingerprint density at radius 3 is 2.58 bits per heavy atom. The monoisotopic (exact) mass is 277 g/mol. The Hall–Kier alpha value is -1.32. The van der Waals surface area contributed by atoms with Crippen LogP contribution in [-0.2, 0) is 19.4 Å². The minimum Gasteiger partial charge on any atom is -0.327 e. The number of nitrogens with two attached hydrogens (primary N) is 1. The number of aryl methyl sites for hydroxylation is 2. The Kier molecular flexibility index (Phi) is 4.61. The van der Waals surface area contributed by atoms with Gasteiger partial charge in [0.25, 0.3) is 0 Å². The van der Waals surface area contributed by atoms with E-state index in [2.05, 4.69) is 18.1 Å². The molecule has 19 heavy (non-hydrogen) atoms. The highest BCUT2D eigenvalue weighted by molar-refractivity contribution is 6.30. The molecule has 0 aliphatic carbocycles. The third kappa shape index (κ3) is 3.82. The lowest BCUT2D eigenvalue weighted by Crippen LogP contribution is -2.26. The number of nitrogens with zero attached hydrogens (tertiary/aromatic N) is 2. The molecule has 0 bridgehead atoms. The second kappa shape index (κ2) is 6.22. The molecule has 0 fully saturated rings. The van der Waals surface area contributed by atoms with E-state index in [0.717, 1.165) is 30.1 Å². The summed E-state index contributed by atoms with van der Waals surface area (Å²) in [4.78, 5) is 0. The van der Waals surface area contributed by atoms with E-state index in [0.29, 0.717) is 0 Å². The Morgan fingerprint density at radius 1 is 1.26 bits per heavy atom. The van der Waals surface area contributed by atoms with Gasteiger partial charge in [-0.1, -0.05) is 23.7 Å². The number of halogens is 1. The molecule has 1 heterocycles. The first-order chi connectivity index (χ1) is 9.08. The molecule has 0 spiro atoms. The van der Waals surface area contributed by atoms with Gasteiger partial charge in [-0.3, -0.25) is 4.68 Å². The SMILES string of the molecule is CCn1nc(C)cc1CC(N)Cc1ccc(Cl)cc1. The van der Waals surface area contributed by atoms with E-state index in [-0.39, 0.29) is 6.04 Å². The molecule has 0 aliphatic heterocycles. The fourth-order valence-corrected chi connectivity index (χ4v) is 2.43. The molecule has 2 aromatic rings. The number of benzene rings is 1.